The molecule has 0 bridgehead atoms. The number of H-pyrrole nitrogens is 1. The number of phenolic OH excluding ortho intramolecular Hbond substituents is 4. The third-order valence-corrected chi connectivity index (χ3v) is 21.6. The first-order valence-electron chi connectivity index (χ1n) is 42.6. The van der Waals surface area contributed by atoms with E-state index in [0.717, 1.165) is 0 Å². The van der Waals surface area contributed by atoms with Crippen LogP contribution < -0.4 is 108 Å². The Kier molecular flexibility index (Phi) is 42.9. The fourth-order valence-corrected chi connectivity index (χ4v) is 14.3. The monoisotopic (exact) mass is 1860 g/mol. The summed E-state index contributed by atoms with van der Waals surface area (Å²) < 4.78 is 0. The first kappa shape index (κ1) is 106. The van der Waals surface area contributed by atoms with Gasteiger partial charge in [0.15, 0.2) is 5.96 Å². The van der Waals surface area contributed by atoms with Gasteiger partial charge in [0.1, 0.15) is 95.5 Å². The molecule has 30 N–H and O–H groups in total. The van der Waals surface area contributed by atoms with E-state index in [0.29, 0.717) is 28.5 Å². The van der Waals surface area contributed by atoms with Crippen LogP contribution in [0.2, 0.25) is 0 Å². The molecule has 0 unspecified atom stereocenters. The largest absolute Gasteiger partial charge is 0.508 e. The van der Waals surface area contributed by atoms with Crippen LogP contribution in [0.5, 0.6) is 23.0 Å². The molecule has 0 saturated carbocycles. The summed E-state index contributed by atoms with van der Waals surface area (Å²) >= 11 is 0.709. The summed E-state index contributed by atoms with van der Waals surface area (Å²) in [6, 6.07) is 1.68. The fraction of sp³-hybridized carbons (Fsp3) is 0.465. The van der Waals surface area contributed by atoms with E-state index in [1.807, 2.05) is 0 Å². The topological polar surface area (TPSA) is 737 Å². The number of imidazole rings is 1. The van der Waals surface area contributed by atoms with Crippen LogP contribution in [-0.2, 0) is 118 Å². The number of primary amides is 3. The molecule has 13 atom stereocenters. The highest BCUT2D eigenvalue weighted by Crippen LogP contribution is 2.21. The van der Waals surface area contributed by atoms with Gasteiger partial charge in [-0.2, -0.15) is 0 Å². The summed E-state index contributed by atoms with van der Waals surface area (Å²) in [5.41, 5.74) is 23.6. The van der Waals surface area contributed by atoms with Crippen molar-refractivity contribution in [3.8, 4) is 23.0 Å². The van der Waals surface area contributed by atoms with Crippen LogP contribution >= 0.6 is 11.8 Å². The number of thioether (sulfide) groups is 1. The zero-order chi connectivity index (χ0) is 97.4. The highest BCUT2D eigenvalue weighted by molar-refractivity contribution is 8.00. The van der Waals surface area contributed by atoms with E-state index in [4.69, 9.17) is 28.3 Å². The standard InChI is InChI=1S/C86H119N23O22S/c1-7-46(6)73-85(131)108-59(30-45(4)5)79(125)104-60(31-47-10-18-52(110)19-11-47)75(121)96-39-70(117)98-65(36-68(88)115)84(130)103-58(29-44(2)3)74(120)95-40-71(118)100-66(76(122)94-38-69(89)116)41-132-42-72(119)99-61(32-48-12-20-53(111)21-13-48)80(126)107-64(35-51-37-92-43-97-51)83(129)102-57(26-27-67(87)114)77(123)105-63(34-50-16-24-55(113)25-17-50)82(128)106-62(33-49-14-22-54(112)23-15-49)81(127)101-56(78(124)109-73)9-8-28-93-86(90)91/h10-25,37,43-46,56-66,73,110-113H,7-9,26-36,38-42H2,1-6H3,(H2,87,114)(H2,88,115)(H2,89,116)(H,92,97)(H,94,122)(H,95,120)(H,96,121)(H,98,117)(H,99,119)(H,100,118)(H,101,127)(H,102,129)(H,103,130)(H,104,125)(H,105,123)(H,106,128)(H,107,126)(H,108,131)(H,109,124)(H4,90,91,93)/t46-,56+,57+,58+,59+,60+,61+,62+,63+,64+,65+,66+,73+/m1/s1. The maximum absolute atomic E-state index is 15.4. The smallest absolute Gasteiger partial charge is 0.243 e. The number of aromatic amines is 1. The second-order valence-corrected chi connectivity index (χ2v) is 33.6. The Bertz CT molecular complexity index is 4840. The number of aromatic nitrogens is 2. The summed E-state index contributed by atoms with van der Waals surface area (Å²) in [4.78, 5) is 263. The molecule has 0 aliphatic carbocycles. The maximum atomic E-state index is 15.4. The maximum Gasteiger partial charge on any atom is 0.243 e. The highest BCUT2D eigenvalue weighted by atomic mass is 32.2. The second-order valence-electron chi connectivity index (χ2n) is 32.5. The van der Waals surface area contributed by atoms with Crippen LogP contribution in [0.3, 0.4) is 0 Å². The van der Waals surface area contributed by atoms with Gasteiger partial charge in [0.2, 0.25) is 106 Å². The van der Waals surface area contributed by atoms with Crippen molar-refractivity contribution in [2.75, 3.05) is 37.7 Å². The Morgan fingerprint density at radius 1 is 0.432 bits per heavy atom. The average Bonchev–Trinajstić information content (AvgIpc) is 1.00. The minimum Gasteiger partial charge on any atom is -0.508 e. The highest BCUT2D eigenvalue weighted by Gasteiger charge is 2.39. The van der Waals surface area contributed by atoms with E-state index in [-0.39, 0.29) is 97.6 Å². The fourth-order valence-electron chi connectivity index (χ4n) is 13.5. The van der Waals surface area contributed by atoms with Crippen LogP contribution in [0.25, 0.3) is 0 Å². The van der Waals surface area contributed by atoms with E-state index in [9.17, 15) is 78.0 Å². The van der Waals surface area contributed by atoms with Gasteiger partial charge >= 0.3 is 0 Å². The number of aromatic hydroxyl groups is 4. The van der Waals surface area contributed by atoms with Crippen molar-refractivity contribution in [3.63, 3.8) is 0 Å². The Balaban J connectivity index is 1.47. The summed E-state index contributed by atoms with van der Waals surface area (Å²) in [6.07, 6.45) is -1.75. The van der Waals surface area contributed by atoms with Crippen LogP contribution in [0.1, 0.15) is 121 Å². The molecule has 2 heterocycles. The molecular formula is C86H119N23O22S. The van der Waals surface area contributed by atoms with Crippen molar-refractivity contribution in [3.05, 3.63) is 138 Å². The molecule has 1 saturated heterocycles. The van der Waals surface area contributed by atoms with Gasteiger partial charge in [-0.3, -0.25) is 91.7 Å². The van der Waals surface area contributed by atoms with E-state index in [2.05, 4.69) is 95.0 Å². The van der Waals surface area contributed by atoms with Crippen molar-refractivity contribution < 1.29 is 107 Å². The summed E-state index contributed by atoms with van der Waals surface area (Å²) in [6.45, 7) is 7.40. The number of hydrogen-bond acceptors (Lipinski definition) is 25. The van der Waals surface area contributed by atoms with Crippen molar-refractivity contribution in [1.29, 1.82) is 5.41 Å². The normalized spacial score (nSPS) is 22.2. The van der Waals surface area contributed by atoms with Crippen molar-refractivity contribution >= 4 is 124 Å². The number of guanidine groups is 1. The number of carbonyl (C=O) groups is 18. The molecule has 1 aromatic heterocycles. The van der Waals surface area contributed by atoms with Gasteiger partial charge in [-0.15, -0.1) is 11.8 Å². The molecule has 18 amide bonds. The van der Waals surface area contributed by atoms with Gasteiger partial charge in [0.05, 0.1) is 43.8 Å². The lowest BCUT2D eigenvalue weighted by Crippen LogP contribution is -2.62. The van der Waals surface area contributed by atoms with E-state index >= 15 is 28.8 Å². The van der Waals surface area contributed by atoms with Gasteiger partial charge in [-0.25, -0.2) is 4.98 Å². The van der Waals surface area contributed by atoms with Gasteiger partial charge in [-0.1, -0.05) is 96.5 Å². The number of rotatable bonds is 28. The van der Waals surface area contributed by atoms with Gasteiger partial charge in [-0.05, 0) is 121 Å². The lowest BCUT2D eigenvalue weighted by Gasteiger charge is -2.30. The first-order valence-corrected chi connectivity index (χ1v) is 43.7. The molecule has 46 heteroatoms. The molecule has 1 aliphatic heterocycles. The molecule has 716 valence electrons. The lowest BCUT2D eigenvalue weighted by molar-refractivity contribution is -0.136. The third kappa shape index (κ3) is 38.0. The minimum atomic E-state index is -1.84. The molecular weight excluding hydrogens is 1740 g/mol. The lowest BCUT2D eigenvalue weighted by atomic mass is 9.95. The molecule has 0 spiro atoms. The SMILES string of the molecule is CC[C@@H](C)[C@@H]1NC(=O)[C@H](CCCNC(=N)N)NC(=O)[C@H](Cc2ccc(O)cc2)NC(=O)[C@H](Cc2ccc(O)cc2)NC(=O)[C@H](CCC(N)=O)NC(=O)[C@H](Cc2c[nH]cn2)NC(=O)[C@H](Cc2ccc(O)cc2)NC(=O)CSC[C@@H](C(=O)NCC(N)=O)NC(=O)CNC(=O)[C@H](CC(C)C)NC(=O)[C@H](CC(N)=O)NC(=O)CNC(=O)[C@H](Cc2ccc(O)cc2)NC(=O)[C@H](CC(C)C)NC1=O. The van der Waals surface area contributed by atoms with Gasteiger partial charge < -0.3 is 133 Å². The molecule has 4 aromatic carbocycles. The van der Waals surface area contributed by atoms with E-state index in [1.54, 1.807) is 41.5 Å². The summed E-state index contributed by atoms with van der Waals surface area (Å²) in [7, 11) is 0. The Morgan fingerprint density at radius 2 is 0.803 bits per heavy atom. The number of nitrogens with one attached hydrogen (secondary N) is 18. The third-order valence-electron chi connectivity index (χ3n) is 20.6. The molecule has 1 fully saturated rings. The number of carbonyl (C=O) groups excluding carboxylic acids is 18. The molecule has 6 rings (SSSR count). The molecule has 45 nitrogen and oxygen atoms in total. The number of benzene rings is 4. The van der Waals surface area contributed by atoms with Crippen molar-refractivity contribution in [2.45, 2.75) is 198 Å². The van der Waals surface area contributed by atoms with Gasteiger partial charge in [0.25, 0.3) is 0 Å². The first-order chi connectivity index (χ1) is 62.5. The molecule has 0 radical (unpaired) electrons. The van der Waals surface area contributed by atoms with Crippen LogP contribution in [0, 0.1) is 23.2 Å². The summed E-state index contributed by atoms with van der Waals surface area (Å²) in [5.74, 6) is -22.6. The molecule has 1 aliphatic rings. The number of nitrogens with zero attached hydrogens (tertiary/aromatic N) is 1. The van der Waals surface area contributed by atoms with Crippen molar-refractivity contribution in [1.82, 2.24) is 95.0 Å². The number of amides is 18. The van der Waals surface area contributed by atoms with Gasteiger partial charge in [0, 0.05) is 57.0 Å². The Hall–Kier alpha value is -14.6. The van der Waals surface area contributed by atoms with Crippen LogP contribution in [0.15, 0.2) is 110 Å². The summed E-state index contributed by atoms with van der Waals surface area (Å²) in [5, 5.41) is 89.5. The number of nitrogens with two attached hydrogens (primary N) is 4. The average molecular weight is 1860 g/mol. The Labute approximate surface area is 764 Å². The predicted octanol–water partition coefficient (Wildman–Crippen LogP) is -5.31. The quantitative estimate of drug-likeness (QED) is 0.0126. The number of phenols is 4. The van der Waals surface area contributed by atoms with E-state index in [1.165, 1.54) is 110 Å². The minimum absolute atomic E-state index is 0.0116. The van der Waals surface area contributed by atoms with Crippen LogP contribution in [-0.4, -0.2) is 253 Å². The predicted molar refractivity (Wildman–Crippen MR) is 478 cm³/mol. The molecule has 132 heavy (non-hydrogen) atoms. The zero-order valence-corrected chi connectivity index (χ0v) is 74.6. The zero-order valence-electron chi connectivity index (χ0n) is 73.8. The molecule has 5 aromatic rings. The van der Waals surface area contributed by atoms with E-state index < -0.39 is 260 Å². The Morgan fingerprint density at radius 3 is 1.23 bits per heavy atom. The van der Waals surface area contributed by atoms with Crippen molar-refractivity contribution in [2.24, 2.45) is 40.7 Å². The number of hydrogen-bond donors (Lipinski definition) is 26. The second kappa shape index (κ2) is 53.4. The van der Waals surface area contributed by atoms with Crippen LogP contribution in [0.4, 0.5) is 0 Å².